The van der Waals surface area contributed by atoms with Crippen molar-refractivity contribution in [3.8, 4) is 5.75 Å². The number of phenolic OH excluding ortho intramolecular Hbond substituents is 1. The fraction of sp³-hybridized carbons (Fsp3) is 0.409. The number of hydrogen-bond donors (Lipinski definition) is 7. The maximum atomic E-state index is 13.8. The number of nitrogens with two attached hydrogens (primary N) is 1. The summed E-state index contributed by atoms with van der Waals surface area (Å²) in [4.78, 5) is 43.0. The van der Waals surface area contributed by atoms with Crippen molar-refractivity contribution in [2.45, 2.75) is 30.6 Å². The fourth-order valence-electron chi connectivity index (χ4n) is 5.74. The highest BCUT2D eigenvalue weighted by Crippen LogP contribution is 2.56. The molecular weight excluding hydrogens is 462 g/mol. The number of nitrogens with one attached hydrogen (secondary N) is 1. The van der Waals surface area contributed by atoms with Gasteiger partial charge in [0.15, 0.2) is 27.9 Å². The molecule has 1 aromatic carbocycles. The first-order valence-electron chi connectivity index (χ1n) is 10.6. The van der Waals surface area contributed by atoms with Gasteiger partial charge in [-0.15, -0.1) is 0 Å². The Labute approximate surface area is 198 Å². The maximum absolute atomic E-state index is 13.8. The smallest absolute Gasteiger partial charge is 0.255 e. The molecule has 0 radical (unpaired) electrons. The normalized spacial score (nSPS) is 32.1. The maximum Gasteiger partial charge on any atom is 0.255 e. The van der Waals surface area contributed by atoms with Crippen molar-refractivity contribution in [2.75, 3.05) is 14.1 Å². The first-order valence-corrected chi connectivity index (χ1v) is 10.6. The Morgan fingerprint density at radius 1 is 1.23 bits per heavy atom. The highest BCUT2D eigenvalue weighted by molar-refractivity contribution is 6.24. The summed E-state index contributed by atoms with van der Waals surface area (Å²) in [6, 6.07) is 1.41. The molecule has 0 unspecified atom stereocenters. The van der Waals surface area contributed by atoms with Crippen LogP contribution in [0.4, 0.5) is 5.69 Å². The molecule has 0 heterocycles. The molecule has 0 aliphatic heterocycles. The summed E-state index contributed by atoms with van der Waals surface area (Å²) in [5.74, 6) is -9.77. The number of Topliss-reactive ketones (excluding diaryl/α,β-unsaturated/α-hetero) is 2. The minimum absolute atomic E-state index is 0.174. The van der Waals surface area contributed by atoms with Gasteiger partial charge in [-0.1, -0.05) is 13.0 Å². The second-order valence-electron chi connectivity index (χ2n) is 9.15. The van der Waals surface area contributed by atoms with Gasteiger partial charge in [-0.05, 0) is 31.6 Å². The van der Waals surface area contributed by atoms with Gasteiger partial charge in [-0.25, -0.2) is 0 Å². The van der Waals surface area contributed by atoms with E-state index < -0.39 is 81.4 Å². The fourth-order valence-corrected chi connectivity index (χ4v) is 5.74. The third kappa shape index (κ3) is 2.93. The molecule has 35 heavy (non-hydrogen) atoms. The lowest BCUT2D eigenvalue weighted by atomic mass is 9.54. The number of likely N-dealkylation sites (N-methyl/N-ethyl adjacent to an activating group) is 1. The number of benzene rings is 1. The minimum Gasteiger partial charge on any atom is -0.508 e. The van der Waals surface area contributed by atoms with Crippen LogP contribution in [0, 0.1) is 17.4 Å². The number of aromatic hydroxyl groups is 1. The van der Waals surface area contributed by atoms with E-state index in [9.17, 15) is 39.9 Å². The standard InChI is InChI=1S/C22H23N5O8/c1-6-7-4-5-8(25-26-24)15(28)10(7)16(29)11-9(6)17(30)13-14(27(2)3)18(31)12(21(23)34)20(33)22(13,35)19(11)32/h4-6,9,13-14,17,24,30,35H,1-3H3,(H4,23,29,31,32,33,34)/p+1/t6-,9+,13+,14-,17-,22-/m1/s1. The Hall–Kier alpha value is -3.90. The number of carbonyl (C=O) groups excluding carboxylic acids is 3. The SMILES string of the molecule is C[C@@H]1c2ccc(N=[N+]=N)c(O)c2C(O)=C2C(=O)[C@@]3(O)C(O)=C(C(N)=O)C(=O)[C@H](N(C)C)[C@H]3[C@H](O)[C@H]21. The highest BCUT2D eigenvalue weighted by Gasteiger charge is 2.68. The molecule has 13 heteroatoms. The molecule has 4 rings (SSSR count). The van der Waals surface area contributed by atoms with Crippen LogP contribution in [0.2, 0.25) is 0 Å². The van der Waals surface area contributed by atoms with E-state index in [0.717, 1.165) is 0 Å². The van der Waals surface area contributed by atoms with Crippen LogP contribution in [0.15, 0.2) is 34.2 Å². The van der Waals surface area contributed by atoms with E-state index in [2.05, 4.69) is 10.0 Å². The third-order valence-corrected chi connectivity index (χ3v) is 7.27. The monoisotopic (exact) mass is 486 g/mol. The molecule has 184 valence electrons. The number of nitrogens with zero attached hydrogens (tertiary/aromatic N) is 3. The van der Waals surface area contributed by atoms with Crippen LogP contribution >= 0.6 is 0 Å². The molecule has 8 N–H and O–H groups in total. The van der Waals surface area contributed by atoms with E-state index >= 15 is 0 Å². The first kappa shape index (κ1) is 24.2. The van der Waals surface area contributed by atoms with E-state index in [4.69, 9.17) is 11.3 Å². The van der Waals surface area contributed by atoms with Crippen molar-refractivity contribution in [1.29, 1.82) is 5.53 Å². The second kappa shape index (κ2) is 7.82. The van der Waals surface area contributed by atoms with Crippen LogP contribution in [0.3, 0.4) is 0 Å². The zero-order chi connectivity index (χ0) is 26.1. The van der Waals surface area contributed by atoms with Crippen molar-refractivity contribution in [3.05, 3.63) is 40.2 Å². The number of primary amides is 1. The van der Waals surface area contributed by atoms with Crippen LogP contribution in [-0.4, -0.2) is 79.7 Å². The number of ketones is 2. The van der Waals surface area contributed by atoms with Crippen molar-refractivity contribution < 1.29 is 39.9 Å². The third-order valence-electron chi connectivity index (χ3n) is 7.27. The van der Waals surface area contributed by atoms with Crippen LogP contribution < -0.4 is 10.6 Å². The van der Waals surface area contributed by atoms with Gasteiger partial charge in [0.1, 0.15) is 22.6 Å². The quantitative estimate of drug-likeness (QED) is 0.168. The van der Waals surface area contributed by atoms with Crippen LogP contribution in [-0.2, 0) is 14.4 Å². The van der Waals surface area contributed by atoms with Crippen molar-refractivity contribution >= 4 is 28.9 Å². The summed E-state index contributed by atoms with van der Waals surface area (Å²) in [6.07, 6.45) is -1.67. The molecule has 0 saturated heterocycles. The van der Waals surface area contributed by atoms with E-state index in [1.54, 1.807) is 6.92 Å². The summed E-state index contributed by atoms with van der Waals surface area (Å²) in [7, 11) is 2.87. The lowest BCUT2D eigenvalue weighted by Crippen LogP contribution is -2.70. The number of fused-ring (bicyclic) bond motifs is 3. The molecule has 13 nitrogen and oxygen atoms in total. The predicted octanol–water partition coefficient (Wildman–Crippen LogP) is -0.322. The minimum atomic E-state index is -2.97. The van der Waals surface area contributed by atoms with Gasteiger partial charge in [0.2, 0.25) is 10.7 Å². The van der Waals surface area contributed by atoms with Gasteiger partial charge in [-0.3, -0.25) is 19.3 Å². The first-order chi connectivity index (χ1) is 16.3. The largest absolute Gasteiger partial charge is 0.508 e. The molecule has 1 amide bonds. The van der Waals surface area contributed by atoms with Gasteiger partial charge in [0.05, 0.1) is 23.6 Å². The summed E-state index contributed by atoms with van der Waals surface area (Å²) in [6.45, 7) is 1.61. The Morgan fingerprint density at radius 2 is 1.86 bits per heavy atom. The van der Waals surface area contributed by atoms with Crippen LogP contribution in [0.5, 0.6) is 5.75 Å². The lowest BCUT2D eigenvalue weighted by Gasteiger charge is -2.53. The average Bonchev–Trinajstić information content (AvgIpc) is 2.77. The van der Waals surface area contributed by atoms with Gasteiger partial charge in [-0.2, -0.15) is 0 Å². The van der Waals surface area contributed by atoms with Gasteiger partial charge in [0, 0.05) is 11.5 Å². The van der Waals surface area contributed by atoms with E-state index in [1.165, 1.54) is 31.1 Å². The number of amides is 1. The molecule has 1 aromatic rings. The topological polar surface area (TPSA) is 232 Å². The summed E-state index contributed by atoms with van der Waals surface area (Å²) >= 11 is 0. The zero-order valence-corrected chi connectivity index (χ0v) is 18.9. The molecule has 1 fully saturated rings. The Morgan fingerprint density at radius 3 is 2.40 bits per heavy atom. The summed E-state index contributed by atoms with van der Waals surface area (Å²) < 4.78 is 0. The number of carbonyl (C=O) groups is 3. The van der Waals surface area contributed by atoms with Crippen molar-refractivity contribution in [1.82, 2.24) is 9.81 Å². The molecule has 3 aliphatic carbocycles. The van der Waals surface area contributed by atoms with Crippen molar-refractivity contribution in [2.24, 2.45) is 22.7 Å². The zero-order valence-electron chi connectivity index (χ0n) is 18.9. The van der Waals surface area contributed by atoms with E-state index in [0.29, 0.717) is 5.56 Å². The number of aliphatic hydroxyl groups excluding tert-OH is 3. The Kier molecular flexibility index (Phi) is 5.41. The van der Waals surface area contributed by atoms with E-state index in [1.807, 2.05) is 0 Å². The van der Waals surface area contributed by atoms with Gasteiger partial charge in [0.25, 0.3) is 5.91 Å². The average molecular weight is 486 g/mol. The van der Waals surface area contributed by atoms with Crippen LogP contribution in [0.1, 0.15) is 24.0 Å². The Bertz CT molecular complexity index is 1310. The number of rotatable bonds is 3. The number of phenols is 1. The second-order valence-corrected chi connectivity index (χ2v) is 9.15. The van der Waals surface area contributed by atoms with E-state index in [-0.39, 0.29) is 11.3 Å². The number of hydrogen-bond acceptors (Lipinski definition) is 11. The molecular formula is C22H24N5O8+. The highest BCUT2D eigenvalue weighted by atomic mass is 16.4. The van der Waals surface area contributed by atoms with Crippen LogP contribution in [0.25, 0.3) is 5.76 Å². The molecule has 6 atom stereocenters. The molecule has 3 aliphatic rings. The summed E-state index contributed by atoms with van der Waals surface area (Å²) in [5.41, 5.74) is 7.64. The van der Waals surface area contributed by atoms with Crippen molar-refractivity contribution in [3.63, 3.8) is 0 Å². The van der Waals surface area contributed by atoms with Gasteiger partial charge < -0.3 is 31.3 Å². The number of aliphatic hydroxyl groups is 4. The molecule has 0 aromatic heterocycles. The molecule has 1 saturated carbocycles. The molecule has 0 bridgehead atoms. The van der Waals surface area contributed by atoms with Gasteiger partial charge >= 0.3 is 0 Å². The Balaban J connectivity index is 2.07. The lowest BCUT2D eigenvalue weighted by molar-refractivity contribution is -0.169. The predicted molar refractivity (Wildman–Crippen MR) is 117 cm³/mol. The molecule has 0 spiro atoms. The summed E-state index contributed by atoms with van der Waals surface area (Å²) in [5, 5.41) is 59.1.